The first-order valence-electron chi connectivity index (χ1n) is 7.63. The molecule has 0 amide bonds. The molecule has 0 aliphatic rings. The van der Waals surface area contributed by atoms with E-state index < -0.39 is 0 Å². The molecule has 124 valence electrons. The molecule has 0 aliphatic carbocycles. The predicted octanol–water partition coefficient (Wildman–Crippen LogP) is 1.99. The van der Waals surface area contributed by atoms with E-state index in [1.807, 2.05) is 25.3 Å². The average Bonchev–Trinajstić information content (AvgIpc) is 2.46. The van der Waals surface area contributed by atoms with Crippen molar-refractivity contribution < 1.29 is 4.74 Å². The molecule has 2 aromatic rings. The summed E-state index contributed by atoms with van der Waals surface area (Å²) in [5.41, 5.74) is 1.94. The van der Waals surface area contributed by atoms with Gasteiger partial charge in [0.25, 0.3) is 0 Å². The maximum absolute atomic E-state index is 12.4. The number of nitrogens with zero attached hydrogens (tertiary/aromatic N) is 1. The van der Waals surface area contributed by atoms with Crippen LogP contribution in [0.2, 0.25) is 0 Å². The van der Waals surface area contributed by atoms with Crippen molar-refractivity contribution in [2.75, 3.05) is 6.61 Å². The third-order valence-corrected chi connectivity index (χ3v) is 6.07. The Hall–Kier alpha value is -1.20. The minimum atomic E-state index is -0.0812. The van der Waals surface area contributed by atoms with E-state index in [0.29, 0.717) is 18.1 Å². The number of hydrogen-bond donors (Lipinski definition) is 1. The number of aromatic amines is 1. The summed E-state index contributed by atoms with van der Waals surface area (Å²) in [5, 5.41) is 0. The summed E-state index contributed by atoms with van der Waals surface area (Å²) in [7, 11) is 0. The Morgan fingerprint density at radius 1 is 1.39 bits per heavy atom. The second kappa shape index (κ2) is 8.06. The van der Waals surface area contributed by atoms with Gasteiger partial charge in [-0.25, -0.2) is 0 Å². The molecule has 0 unspecified atom stereocenters. The molecule has 1 N–H and O–H groups in total. The van der Waals surface area contributed by atoms with Crippen LogP contribution < -0.4 is 14.6 Å². The van der Waals surface area contributed by atoms with E-state index in [4.69, 9.17) is 17.0 Å². The fourth-order valence-corrected chi connectivity index (χ4v) is 5.39. The van der Waals surface area contributed by atoms with Gasteiger partial charge in [0, 0.05) is 0 Å². The second-order valence-corrected chi connectivity index (χ2v) is 8.22. The number of aromatic nitrogens is 2. The zero-order valence-electron chi connectivity index (χ0n) is 13.9. The van der Waals surface area contributed by atoms with Crippen LogP contribution in [0.4, 0.5) is 0 Å². The average molecular weight is 397 g/mol. The van der Waals surface area contributed by atoms with Crippen molar-refractivity contribution in [2.24, 2.45) is 0 Å². The van der Waals surface area contributed by atoms with E-state index in [1.54, 1.807) is 0 Å². The molecule has 0 saturated heterocycles. The molecule has 0 saturated carbocycles. The van der Waals surface area contributed by atoms with Crippen molar-refractivity contribution in [3.63, 3.8) is 0 Å². The fourth-order valence-electron chi connectivity index (χ4n) is 2.28. The van der Waals surface area contributed by atoms with Crippen molar-refractivity contribution in [3.05, 3.63) is 50.5 Å². The number of H-pyrrole nitrogens is 1. The molecule has 1 heterocycles. The molecule has 1 aromatic carbocycles. The van der Waals surface area contributed by atoms with Gasteiger partial charge < -0.3 is 0 Å². The Balaban J connectivity index is 2.61. The van der Waals surface area contributed by atoms with Crippen LogP contribution >= 0.6 is 12.2 Å². The van der Waals surface area contributed by atoms with Gasteiger partial charge in [0.15, 0.2) is 0 Å². The summed E-state index contributed by atoms with van der Waals surface area (Å²) in [6.07, 6.45) is 0. The van der Waals surface area contributed by atoms with Crippen LogP contribution in [0.25, 0.3) is 0 Å². The van der Waals surface area contributed by atoms with E-state index in [2.05, 4.69) is 36.2 Å². The zero-order valence-corrected chi connectivity index (χ0v) is 16.4. The molecular formula is C17H22N2O2SSe. The first-order valence-corrected chi connectivity index (χ1v) is 9.75. The van der Waals surface area contributed by atoms with E-state index in [-0.39, 0.29) is 26.4 Å². The first kappa shape index (κ1) is 18.1. The fraction of sp³-hybridized carbons (Fsp3) is 0.412. The monoisotopic (exact) mass is 398 g/mol. The summed E-state index contributed by atoms with van der Waals surface area (Å²) in [5.74, 6) is 0.129. The Morgan fingerprint density at radius 2 is 2.13 bits per heavy atom. The molecule has 23 heavy (non-hydrogen) atoms. The van der Waals surface area contributed by atoms with Crippen LogP contribution in [0.3, 0.4) is 0 Å². The summed E-state index contributed by atoms with van der Waals surface area (Å²) in [6, 6.07) is 8.40. The summed E-state index contributed by atoms with van der Waals surface area (Å²) in [4.78, 5) is 15.2. The SMILES string of the molecule is CCOCn1c([Se]c2cccc(C)c2)c(C(C)C)c(=O)[nH]c1=S. The van der Waals surface area contributed by atoms with Crippen LogP contribution in [-0.4, -0.2) is 31.1 Å². The molecule has 0 fully saturated rings. The van der Waals surface area contributed by atoms with Gasteiger partial charge in [-0.05, 0) is 0 Å². The predicted molar refractivity (Wildman–Crippen MR) is 97.8 cm³/mol. The molecule has 0 atom stereocenters. The first-order chi connectivity index (χ1) is 10.9. The molecular weight excluding hydrogens is 375 g/mol. The molecule has 6 heteroatoms. The van der Waals surface area contributed by atoms with Crippen LogP contribution in [0.5, 0.6) is 0 Å². The third-order valence-electron chi connectivity index (χ3n) is 3.39. The van der Waals surface area contributed by atoms with Gasteiger partial charge in [0.1, 0.15) is 0 Å². The van der Waals surface area contributed by atoms with Gasteiger partial charge in [-0.15, -0.1) is 0 Å². The maximum atomic E-state index is 12.4. The number of ether oxygens (including phenoxy) is 1. The van der Waals surface area contributed by atoms with Crippen molar-refractivity contribution in [2.45, 2.75) is 40.3 Å². The molecule has 0 aliphatic heterocycles. The Morgan fingerprint density at radius 3 is 2.74 bits per heavy atom. The summed E-state index contributed by atoms with van der Waals surface area (Å²) < 4.78 is 10.1. The molecule has 0 spiro atoms. The molecule has 0 bridgehead atoms. The number of rotatable bonds is 6. The van der Waals surface area contributed by atoms with Crippen LogP contribution in [0, 0.1) is 11.7 Å². The van der Waals surface area contributed by atoms with Gasteiger partial charge in [0.05, 0.1) is 0 Å². The van der Waals surface area contributed by atoms with E-state index >= 15 is 0 Å². The number of benzene rings is 1. The number of hydrogen-bond acceptors (Lipinski definition) is 3. The van der Waals surface area contributed by atoms with E-state index in [1.165, 1.54) is 10.0 Å². The molecule has 1 aromatic heterocycles. The van der Waals surface area contributed by atoms with Crippen LogP contribution in [-0.2, 0) is 11.5 Å². The molecule has 2 rings (SSSR count). The van der Waals surface area contributed by atoms with Gasteiger partial charge in [-0.1, -0.05) is 0 Å². The minimum absolute atomic E-state index is 0.00938. The number of nitrogens with one attached hydrogen (secondary N) is 1. The summed E-state index contributed by atoms with van der Waals surface area (Å²) >= 11 is 5.36. The normalized spacial score (nSPS) is 11.2. The topological polar surface area (TPSA) is 47.0 Å². The van der Waals surface area contributed by atoms with Crippen molar-refractivity contribution in [1.29, 1.82) is 0 Å². The Kier molecular flexibility index (Phi) is 6.36. The van der Waals surface area contributed by atoms with Gasteiger partial charge in [-0.2, -0.15) is 0 Å². The second-order valence-electron chi connectivity index (χ2n) is 5.60. The quantitative estimate of drug-likeness (QED) is 0.599. The standard InChI is InChI=1S/C17H22N2O2SSe/c1-5-21-10-19-16(23-13-8-6-7-12(4)9-13)14(11(2)3)15(20)18-17(19)22/h6-9,11H,5,10H2,1-4H3,(H,18,20,22). The Bertz CT molecular complexity index is 796. The van der Waals surface area contributed by atoms with Gasteiger partial charge in [-0.3, -0.25) is 0 Å². The van der Waals surface area contributed by atoms with Crippen molar-refractivity contribution in [1.82, 2.24) is 9.55 Å². The zero-order chi connectivity index (χ0) is 17.0. The summed E-state index contributed by atoms with van der Waals surface area (Å²) in [6.45, 7) is 9.07. The van der Waals surface area contributed by atoms with Crippen LogP contribution in [0.15, 0.2) is 29.1 Å². The van der Waals surface area contributed by atoms with E-state index in [0.717, 1.165) is 10.2 Å². The van der Waals surface area contributed by atoms with Crippen LogP contribution in [0.1, 0.15) is 37.8 Å². The van der Waals surface area contributed by atoms with Crippen molar-refractivity contribution in [3.8, 4) is 0 Å². The molecule has 4 nitrogen and oxygen atoms in total. The third kappa shape index (κ3) is 4.42. The van der Waals surface area contributed by atoms with Gasteiger partial charge >= 0.3 is 148 Å². The Labute approximate surface area is 148 Å². The van der Waals surface area contributed by atoms with E-state index in [9.17, 15) is 4.79 Å². The molecule has 0 radical (unpaired) electrons. The van der Waals surface area contributed by atoms with Gasteiger partial charge in [0.2, 0.25) is 0 Å². The van der Waals surface area contributed by atoms with Crippen molar-refractivity contribution >= 4 is 36.2 Å². The number of aryl methyl sites for hydroxylation is 1.